The summed E-state index contributed by atoms with van der Waals surface area (Å²) in [4.78, 5) is 20.6. The van der Waals surface area contributed by atoms with E-state index in [1.807, 2.05) is 0 Å². The van der Waals surface area contributed by atoms with Gasteiger partial charge in [0, 0.05) is 22.9 Å². The third-order valence-corrected chi connectivity index (χ3v) is 3.38. The molecule has 0 radical (unpaired) electrons. The number of benzene rings is 2. The first-order valence-corrected chi connectivity index (χ1v) is 7.36. The number of aromatic nitrogens is 2. The monoisotopic (exact) mass is 342 g/mol. The van der Waals surface area contributed by atoms with Gasteiger partial charge in [0.15, 0.2) is 5.82 Å². The average molecular weight is 343 g/mol. The first-order valence-electron chi connectivity index (χ1n) is 6.99. The van der Waals surface area contributed by atoms with Gasteiger partial charge in [-0.2, -0.15) is 0 Å². The Kier molecular flexibility index (Phi) is 4.39. The highest BCUT2D eigenvalue weighted by molar-refractivity contribution is 6.29. The molecule has 0 saturated heterocycles. The molecule has 3 rings (SSSR count). The van der Waals surface area contributed by atoms with E-state index in [4.69, 9.17) is 17.3 Å². The molecule has 0 unspecified atom stereocenters. The third kappa shape index (κ3) is 3.67. The zero-order valence-corrected chi connectivity index (χ0v) is 13.1. The Hall–Kier alpha value is -2.99. The molecule has 0 spiro atoms. The van der Waals surface area contributed by atoms with Crippen molar-refractivity contribution < 1.29 is 9.18 Å². The van der Waals surface area contributed by atoms with Crippen molar-refractivity contribution >= 4 is 29.0 Å². The molecule has 5 nitrogen and oxygen atoms in total. The number of hydrogen-bond donors (Lipinski definition) is 2. The number of carbonyl (C=O) groups excluding carboxylic acids is 1. The van der Waals surface area contributed by atoms with Crippen LogP contribution in [0.15, 0.2) is 54.6 Å². The van der Waals surface area contributed by atoms with Crippen molar-refractivity contribution in [3.8, 4) is 11.4 Å². The van der Waals surface area contributed by atoms with Gasteiger partial charge in [-0.1, -0.05) is 17.7 Å². The Morgan fingerprint density at radius 3 is 2.54 bits per heavy atom. The van der Waals surface area contributed by atoms with Crippen LogP contribution in [0.5, 0.6) is 0 Å². The van der Waals surface area contributed by atoms with Gasteiger partial charge in [-0.15, -0.1) is 0 Å². The van der Waals surface area contributed by atoms with Crippen LogP contribution in [0, 0.1) is 5.82 Å². The Morgan fingerprint density at radius 1 is 1.08 bits per heavy atom. The molecule has 1 aromatic heterocycles. The molecular formula is C17H12ClFN4O. The van der Waals surface area contributed by atoms with Crippen LogP contribution < -0.4 is 11.1 Å². The van der Waals surface area contributed by atoms with E-state index in [2.05, 4.69) is 15.3 Å². The van der Waals surface area contributed by atoms with Crippen LogP contribution in [0.4, 0.5) is 15.9 Å². The van der Waals surface area contributed by atoms with Gasteiger partial charge in [-0.25, -0.2) is 14.4 Å². The fraction of sp³-hybridized carbons (Fsp3) is 0. The third-order valence-electron chi connectivity index (χ3n) is 3.19. The van der Waals surface area contributed by atoms with Gasteiger partial charge >= 0.3 is 0 Å². The van der Waals surface area contributed by atoms with Crippen molar-refractivity contribution in [2.75, 3.05) is 11.1 Å². The van der Waals surface area contributed by atoms with Crippen molar-refractivity contribution in [1.82, 2.24) is 9.97 Å². The summed E-state index contributed by atoms with van der Waals surface area (Å²) < 4.78 is 13.0. The first-order chi connectivity index (χ1) is 11.5. The summed E-state index contributed by atoms with van der Waals surface area (Å²) >= 11 is 5.99. The van der Waals surface area contributed by atoms with E-state index in [9.17, 15) is 9.18 Å². The standard InChI is InChI=1S/C17H12ClFN4O/c18-14-9-15(23-17(24)11-2-1-3-13(20)8-11)22-16(21-14)10-4-6-12(19)7-5-10/h1-9H,20H2,(H,21,22,23,24). The van der Waals surface area contributed by atoms with E-state index in [1.165, 1.54) is 30.3 Å². The number of nitrogens with zero attached hydrogens (tertiary/aromatic N) is 2. The maximum absolute atomic E-state index is 13.0. The summed E-state index contributed by atoms with van der Waals surface area (Å²) in [6, 6.07) is 13.6. The normalized spacial score (nSPS) is 10.4. The highest BCUT2D eigenvalue weighted by atomic mass is 35.5. The van der Waals surface area contributed by atoms with Crippen molar-refractivity contribution in [2.24, 2.45) is 0 Å². The quantitative estimate of drug-likeness (QED) is 0.561. The number of rotatable bonds is 3. The Labute approximate surface area is 142 Å². The highest BCUT2D eigenvalue weighted by Crippen LogP contribution is 2.21. The summed E-state index contributed by atoms with van der Waals surface area (Å²) in [5, 5.41) is 2.80. The Morgan fingerprint density at radius 2 is 1.83 bits per heavy atom. The molecule has 0 fully saturated rings. The molecule has 0 saturated carbocycles. The Bertz CT molecular complexity index is 899. The van der Waals surface area contributed by atoms with E-state index in [-0.39, 0.29) is 28.5 Å². The zero-order valence-electron chi connectivity index (χ0n) is 12.3. The van der Waals surface area contributed by atoms with E-state index in [0.29, 0.717) is 16.8 Å². The first kappa shape index (κ1) is 15.9. The molecule has 0 bridgehead atoms. The molecular weight excluding hydrogens is 331 g/mol. The predicted molar refractivity (Wildman–Crippen MR) is 91.2 cm³/mol. The summed E-state index contributed by atoms with van der Waals surface area (Å²) in [6.45, 7) is 0. The molecule has 1 amide bonds. The van der Waals surface area contributed by atoms with E-state index in [0.717, 1.165) is 0 Å². The van der Waals surface area contributed by atoms with Crippen molar-refractivity contribution in [3.63, 3.8) is 0 Å². The molecule has 0 aliphatic heterocycles. The molecule has 120 valence electrons. The van der Waals surface area contributed by atoms with Crippen molar-refractivity contribution in [2.45, 2.75) is 0 Å². The van der Waals surface area contributed by atoms with E-state index < -0.39 is 0 Å². The number of hydrogen-bond acceptors (Lipinski definition) is 4. The minimum absolute atomic E-state index is 0.159. The van der Waals surface area contributed by atoms with Crippen molar-refractivity contribution in [1.29, 1.82) is 0 Å². The molecule has 2 aromatic carbocycles. The second kappa shape index (κ2) is 6.64. The maximum atomic E-state index is 13.0. The number of nitrogen functional groups attached to an aromatic ring is 1. The van der Waals surface area contributed by atoms with Gasteiger partial charge in [-0.3, -0.25) is 4.79 Å². The lowest BCUT2D eigenvalue weighted by Crippen LogP contribution is -2.13. The molecule has 0 aliphatic rings. The summed E-state index contributed by atoms with van der Waals surface area (Å²) in [7, 11) is 0. The van der Waals surface area contributed by atoms with Crippen LogP contribution in [0.25, 0.3) is 11.4 Å². The molecule has 3 N–H and O–H groups in total. The zero-order chi connectivity index (χ0) is 17.1. The smallest absolute Gasteiger partial charge is 0.256 e. The van der Waals surface area contributed by atoms with Gasteiger partial charge in [0.2, 0.25) is 0 Å². The summed E-state index contributed by atoms with van der Waals surface area (Å²) in [5.74, 6) is -0.217. The van der Waals surface area contributed by atoms with Crippen LogP contribution >= 0.6 is 11.6 Å². The van der Waals surface area contributed by atoms with Crippen LogP contribution in [-0.4, -0.2) is 15.9 Å². The van der Waals surface area contributed by atoms with Crippen LogP contribution in [0.2, 0.25) is 5.15 Å². The van der Waals surface area contributed by atoms with Gasteiger partial charge < -0.3 is 11.1 Å². The SMILES string of the molecule is Nc1cccc(C(=O)Nc2cc(Cl)nc(-c3ccc(F)cc3)n2)c1. The molecule has 1 heterocycles. The number of amides is 1. The lowest BCUT2D eigenvalue weighted by Gasteiger charge is -2.08. The minimum Gasteiger partial charge on any atom is -0.399 e. The van der Waals surface area contributed by atoms with Gasteiger partial charge in [-0.05, 0) is 42.5 Å². The predicted octanol–water partition coefficient (Wildman–Crippen LogP) is 3.77. The molecule has 3 aromatic rings. The molecule has 0 aliphatic carbocycles. The maximum Gasteiger partial charge on any atom is 0.256 e. The molecule has 0 atom stereocenters. The average Bonchev–Trinajstić information content (AvgIpc) is 2.55. The number of carbonyl (C=O) groups is 1. The second-order valence-electron chi connectivity index (χ2n) is 4.99. The topological polar surface area (TPSA) is 80.9 Å². The van der Waals surface area contributed by atoms with E-state index >= 15 is 0 Å². The van der Waals surface area contributed by atoms with E-state index in [1.54, 1.807) is 24.3 Å². The molecule has 24 heavy (non-hydrogen) atoms. The number of nitrogens with one attached hydrogen (secondary N) is 1. The largest absolute Gasteiger partial charge is 0.399 e. The fourth-order valence-corrected chi connectivity index (χ4v) is 2.26. The van der Waals surface area contributed by atoms with Crippen LogP contribution in [0.1, 0.15) is 10.4 Å². The fourth-order valence-electron chi connectivity index (χ4n) is 2.08. The van der Waals surface area contributed by atoms with Crippen LogP contribution in [-0.2, 0) is 0 Å². The van der Waals surface area contributed by atoms with Gasteiger partial charge in [0.25, 0.3) is 5.91 Å². The summed E-state index contributed by atoms with van der Waals surface area (Å²) in [6.07, 6.45) is 0. The second-order valence-corrected chi connectivity index (χ2v) is 5.37. The molecule has 7 heteroatoms. The number of halogens is 2. The Balaban J connectivity index is 1.89. The van der Waals surface area contributed by atoms with Crippen LogP contribution in [0.3, 0.4) is 0 Å². The highest BCUT2D eigenvalue weighted by Gasteiger charge is 2.11. The van der Waals surface area contributed by atoms with Gasteiger partial charge in [0.05, 0.1) is 0 Å². The number of anilines is 2. The lowest BCUT2D eigenvalue weighted by atomic mass is 10.2. The van der Waals surface area contributed by atoms with Gasteiger partial charge in [0.1, 0.15) is 16.8 Å². The lowest BCUT2D eigenvalue weighted by molar-refractivity contribution is 0.102. The number of nitrogens with two attached hydrogens (primary N) is 1. The summed E-state index contributed by atoms with van der Waals surface area (Å²) in [5.41, 5.74) is 7.13. The van der Waals surface area contributed by atoms with Crippen molar-refractivity contribution in [3.05, 3.63) is 71.1 Å². The minimum atomic E-state index is -0.373.